The van der Waals surface area contributed by atoms with E-state index in [2.05, 4.69) is 18.2 Å². The fraction of sp³-hybridized carbons (Fsp3) is 0.625. The van der Waals surface area contributed by atoms with E-state index in [1.165, 1.54) is 5.56 Å². The van der Waals surface area contributed by atoms with Crippen LogP contribution in [0.2, 0.25) is 0 Å². The second kappa shape index (κ2) is 7.33. The van der Waals surface area contributed by atoms with E-state index >= 15 is 0 Å². The fourth-order valence-electron chi connectivity index (χ4n) is 2.68. The van der Waals surface area contributed by atoms with Gasteiger partial charge in [0.05, 0.1) is 26.4 Å². The van der Waals surface area contributed by atoms with Crippen LogP contribution in [0.1, 0.15) is 35.7 Å². The van der Waals surface area contributed by atoms with Crippen LogP contribution in [0.4, 0.5) is 0 Å². The predicted octanol–water partition coefficient (Wildman–Crippen LogP) is 2.36. The fourth-order valence-corrected chi connectivity index (χ4v) is 2.68. The van der Waals surface area contributed by atoms with Crippen LogP contribution in [0, 0.1) is 0 Å². The summed E-state index contributed by atoms with van der Waals surface area (Å²) in [7, 11) is 1.72. The Bertz CT molecular complexity index is 416. The Morgan fingerprint density at radius 1 is 0.905 bits per heavy atom. The molecule has 0 atom stereocenters. The first kappa shape index (κ1) is 14.9. The molecule has 0 aliphatic carbocycles. The van der Waals surface area contributed by atoms with Gasteiger partial charge in [0.25, 0.3) is 0 Å². The van der Waals surface area contributed by atoms with Gasteiger partial charge >= 0.3 is 0 Å². The first-order chi connectivity index (χ1) is 10.4. The maximum Gasteiger partial charge on any atom is 0.184 e. The summed E-state index contributed by atoms with van der Waals surface area (Å²) in [4.78, 5) is 0. The SMILES string of the molecule is COCCCc1cc(C2OCCO2)cc(C2OCCO2)c1. The molecule has 1 aromatic rings. The molecule has 0 spiro atoms. The van der Waals surface area contributed by atoms with Crippen LogP contribution in [0.3, 0.4) is 0 Å². The molecule has 0 bridgehead atoms. The van der Waals surface area contributed by atoms with E-state index in [9.17, 15) is 0 Å². The molecule has 0 amide bonds. The van der Waals surface area contributed by atoms with Crippen molar-refractivity contribution in [2.75, 3.05) is 40.1 Å². The third kappa shape index (κ3) is 3.81. The summed E-state index contributed by atoms with van der Waals surface area (Å²) >= 11 is 0. The highest BCUT2D eigenvalue weighted by Crippen LogP contribution is 2.30. The lowest BCUT2D eigenvalue weighted by atomic mass is 10.0. The minimum Gasteiger partial charge on any atom is -0.385 e. The van der Waals surface area contributed by atoms with E-state index in [0.717, 1.165) is 30.6 Å². The van der Waals surface area contributed by atoms with E-state index < -0.39 is 0 Å². The molecule has 0 saturated carbocycles. The first-order valence-electron chi connectivity index (χ1n) is 7.46. The van der Waals surface area contributed by atoms with Gasteiger partial charge in [0.15, 0.2) is 12.6 Å². The van der Waals surface area contributed by atoms with Gasteiger partial charge in [-0.1, -0.05) is 12.1 Å². The van der Waals surface area contributed by atoms with Crippen molar-refractivity contribution in [3.05, 3.63) is 34.9 Å². The topological polar surface area (TPSA) is 46.2 Å². The number of methoxy groups -OCH3 is 1. The van der Waals surface area contributed by atoms with Gasteiger partial charge in [-0.3, -0.25) is 0 Å². The molecule has 116 valence electrons. The van der Waals surface area contributed by atoms with E-state index in [1.807, 2.05) is 0 Å². The average molecular weight is 294 g/mol. The molecule has 21 heavy (non-hydrogen) atoms. The van der Waals surface area contributed by atoms with Crippen molar-refractivity contribution in [1.29, 1.82) is 0 Å². The zero-order valence-electron chi connectivity index (χ0n) is 12.4. The van der Waals surface area contributed by atoms with Gasteiger partial charge in [-0.25, -0.2) is 0 Å². The lowest BCUT2D eigenvalue weighted by molar-refractivity contribution is -0.0493. The molecule has 2 aliphatic rings. The molecule has 0 unspecified atom stereocenters. The molecule has 1 aromatic carbocycles. The number of ether oxygens (including phenoxy) is 5. The van der Waals surface area contributed by atoms with Gasteiger partial charge in [-0.2, -0.15) is 0 Å². The second-order valence-corrected chi connectivity index (χ2v) is 5.25. The Morgan fingerprint density at radius 2 is 1.43 bits per heavy atom. The summed E-state index contributed by atoms with van der Waals surface area (Å²) in [6.07, 6.45) is 1.40. The molecular formula is C16H22O5. The van der Waals surface area contributed by atoms with E-state index in [4.69, 9.17) is 23.7 Å². The molecule has 0 aromatic heterocycles. The largest absolute Gasteiger partial charge is 0.385 e. The van der Waals surface area contributed by atoms with Crippen LogP contribution < -0.4 is 0 Å². The van der Waals surface area contributed by atoms with Crippen LogP contribution >= 0.6 is 0 Å². The maximum atomic E-state index is 5.61. The van der Waals surface area contributed by atoms with Crippen molar-refractivity contribution in [2.45, 2.75) is 25.4 Å². The quantitative estimate of drug-likeness (QED) is 0.754. The zero-order valence-corrected chi connectivity index (χ0v) is 12.4. The number of aryl methyl sites for hydroxylation is 1. The van der Waals surface area contributed by atoms with Crippen LogP contribution in [-0.4, -0.2) is 40.1 Å². The highest BCUT2D eigenvalue weighted by Gasteiger charge is 2.23. The number of benzene rings is 1. The molecule has 0 N–H and O–H groups in total. The normalized spacial score (nSPS) is 20.4. The van der Waals surface area contributed by atoms with Crippen molar-refractivity contribution in [3.63, 3.8) is 0 Å². The van der Waals surface area contributed by atoms with E-state index in [1.54, 1.807) is 7.11 Å². The third-order valence-electron chi connectivity index (χ3n) is 3.64. The lowest BCUT2D eigenvalue weighted by Crippen LogP contribution is -2.05. The highest BCUT2D eigenvalue weighted by atomic mass is 16.7. The Labute approximate surface area is 125 Å². The Balaban J connectivity index is 1.80. The molecule has 3 rings (SSSR count). The summed E-state index contributed by atoms with van der Waals surface area (Å²) in [5.74, 6) is 0. The van der Waals surface area contributed by atoms with Crippen molar-refractivity contribution in [3.8, 4) is 0 Å². The van der Waals surface area contributed by atoms with Crippen molar-refractivity contribution in [2.24, 2.45) is 0 Å². The molecule has 5 nitrogen and oxygen atoms in total. The maximum absolute atomic E-state index is 5.61. The number of hydrogen-bond acceptors (Lipinski definition) is 5. The van der Waals surface area contributed by atoms with Crippen LogP contribution in [0.25, 0.3) is 0 Å². The summed E-state index contributed by atoms with van der Waals surface area (Å²) in [6.45, 7) is 3.33. The summed E-state index contributed by atoms with van der Waals surface area (Å²) in [5, 5.41) is 0. The van der Waals surface area contributed by atoms with Crippen molar-refractivity contribution >= 4 is 0 Å². The van der Waals surface area contributed by atoms with Gasteiger partial charge < -0.3 is 23.7 Å². The predicted molar refractivity (Wildman–Crippen MR) is 75.9 cm³/mol. The monoisotopic (exact) mass is 294 g/mol. The van der Waals surface area contributed by atoms with Crippen LogP contribution in [-0.2, 0) is 30.1 Å². The average Bonchev–Trinajstić information content (AvgIpc) is 3.21. The number of rotatable bonds is 6. The van der Waals surface area contributed by atoms with Crippen LogP contribution in [0.15, 0.2) is 18.2 Å². The smallest absolute Gasteiger partial charge is 0.184 e. The number of hydrogen-bond donors (Lipinski definition) is 0. The third-order valence-corrected chi connectivity index (χ3v) is 3.64. The lowest BCUT2D eigenvalue weighted by Gasteiger charge is -2.16. The van der Waals surface area contributed by atoms with E-state index in [-0.39, 0.29) is 12.6 Å². The van der Waals surface area contributed by atoms with Crippen molar-refractivity contribution < 1.29 is 23.7 Å². The van der Waals surface area contributed by atoms with Gasteiger partial charge in [-0.05, 0) is 24.5 Å². The van der Waals surface area contributed by atoms with Gasteiger partial charge in [0, 0.05) is 24.8 Å². The van der Waals surface area contributed by atoms with Gasteiger partial charge in [-0.15, -0.1) is 0 Å². The minimum atomic E-state index is -0.271. The molecule has 2 saturated heterocycles. The molecule has 2 heterocycles. The summed E-state index contributed by atoms with van der Waals surface area (Å²) in [5.41, 5.74) is 3.31. The van der Waals surface area contributed by atoms with E-state index in [0.29, 0.717) is 26.4 Å². The first-order valence-corrected chi connectivity index (χ1v) is 7.46. The molecule has 0 radical (unpaired) electrons. The minimum absolute atomic E-state index is 0.271. The Morgan fingerprint density at radius 3 is 1.90 bits per heavy atom. The van der Waals surface area contributed by atoms with Crippen LogP contribution in [0.5, 0.6) is 0 Å². The molecule has 2 fully saturated rings. The summed E-state index contributed by atoms with van der Waals surface area (Å²) < 4.78 is 27.6. The molecular weight excluding hydrogens is 272 g/mol. The van der Waals surface area contributed by atoms with Gasteiger partial charge in [0.1, 0.15) is 0 Å². The standard InChI is InChI=1S/C16H22O5/c1-17-4-2-3-12-9-13(15-18-5-6-19-15)11-14(10-12)16-20-7-8-21-16/h9-11,15-16H,2-8H2,1H3. The zero-order chi connectivity index (χ0) is 14.5. The second-order valence-electron chi connectivity index (χ2n) is 5.25. The molecule has 2 aliphatic heterocycles. The Hall–Kier alpha value is -0.980. The highest BCUT2D eigenvalue weighted by molar-refractivity contribution is 5.32. The van der Waals surface area contributed by atoms with Crippen molar-refractivity contribution in [1.82, 2.24) is 0 Å². The Kier molecular flexibility index (Phi) is 5.22. The van der Waals surface area contributed by atoms with Gasteiger partial charge in [0.2, 0.25) is 0 Å². The summed E-state index contributed by atoms with van der Waals surface area (Å²) in [6, 6.07) is 6.35. The molecule has 5 heteroatoms.